The summed E-state index contributed by atoms with van der Waals surface area (Å²) in [6.07, 6.45) is 0. The zero-order valence-electron chi connectivity index (χ0n) is 11.8. The van der Waals surface area contributed by atoms with Gasteiger partial charge >= 0.3 is 0 Å². The van der Waals surface area contributed by atoms with Crippen molar-refractivity contribution in [2.75, 3.05) is 6.54 Å². The predicted octanol–water partition coefficient (Wildman–Crippen LogP) is 4.09. The van der Waals surface area contributed by atoms with Crippen LogP contribution in [0.1, 0.15) is 46.1 Å². The molecule has 0 aliphatic rings. The van der Waals surface area contributed by atoms with Crippen LogP contribution in [0, 0.1) is 17.6 Å². The lowest BCUT2D eigenvalue weighted by molar-refractivity contribution is 0.370. The molecule has 0 aromatic heterocycles. The third-order valence-electron chi connectivity index (χ3n) is 2.97. The van der Waals surface area contributed by atoms with Crippen LogP contribution < -0.4 is 5.32 Å². The van der Waals surface area contributed by atoms with E-state index in [2.05, 4.69) is 39.9 Å². The van der Waals surface area contributed by atoms with Gasteiger partial charge in [-0.25, -0.2) is 8.78 Å². The molecule has 0 bridgehead atoms. The van der Waals surface area contributed by atoms with E-state index in [-0.39, 0.29) is 11.5 Å². The molecule has 102 valence electrons. The second-order valence-corrected chi connectivity index (χ2v) is 6.18. The van der Waals surface area contributed by atoms with E-state index in [1.54, 1.807) is 0 Å². The first kappa shape index (κ1) is 15.1. The SMILES string of the molecule is CC(C)C(CNC(C)(C)C)c1cc(F)cc(F)c1. The van der Waals surface area contributed by atoms with Crippen molar-refractivity contribution < 1.29 is 8.78 Å². The molecule has 1 rings (SSSR count). The first-order valence-electron chi connectivity index (χ1n) is 6.40. The Bertz CT molecular complexity index is 374. The number of hydrogen-bond donors (Lipinski definition) is 1. The first-order chi connectivity index (χ1) is 8.19. The quantitative estimate of drug-likeness (QED) is 0.854. The highest BCUT2D eigenvalue weighted by atomic mass is 19.1. The maximum atomic E-state index is 13.3. The molecule has 0 amide bonds. The van der Waals surface area contributed by atoms with Crippen molar-refractivity contribution in [3.63, 3.8) is 0 Å². The molecule has 0 fully saturated rings. The minimum atomic E-state index is -0.508. The molecule has 1 atom stereocenters. The highest BCUT2D eigenvalue weighted by Gasteiger charge is 2.20. The zero-order chi connectivity index (χ0) is 13.9. The summed E-state index contributed by atoms with van der Waals surface area (Å²) in [6, 6.07) is 3.77. The minimum Gasteiger partial charge on any atom is -0.311 e. The van der Waals surface area contributed by atoms with Gasteiger partial charge in [-0.3, -0.25) is 0 Å². The summed E-state index contributed by atoms with van der Waals surface area (Å²) in [5.74, 6) is -0.590. The van der Waals surface area contributed by atoms with Crippen LogP contribution in [0.3, 0.4) is 0 Å². The first-order valence-corrected chi connectivity index (χ1v) is 6.40. The summed E-state index contributed by atoms with van der Waals surface area (Å²) in [5.41, 5.74) is 0.721. The molecule has 1 N–H and O–H groups in total. The monoisotopic (exact) mass is 255 g/mol. The van der Waals surface area contributed by atoms with E-state index in [0.717, 1.165) is 11.6 Å². The summed E-state index contributed by atoms with van der Waals surface area (Å²) in [7, 11) is 0. The number of hydrogen-bond acceptors (Lipinski definition) is 1. The average molecular weight is 255 g/mol. The Balaban J connectivity index is 2.90. The molecule has 0 aliphatic carbocycles. The van der Waals surface area contributed by atoms with Crippen LogP contribution in [0.25, 0.3) is 0 Å². The highest BCUT2D eigenvalue weighted by Crippen LogP contribution is 2.25. The Morgan fingerprint density at radius 2 is 1.56 bits per heavy atom. The molecular weight excluding hydrogens is 232 g/mol. The van der Waals surface area contributed by atoms with Crippen LogP contribution in [-0.4, -0.2) is 12.1 Å². The van der Waals surface area contributed by atoms with Crippen molar-refractivity contribution in [2.45, 2.75) is 46.1 Å². The van der Waals surface area contributed by atoms with Gasteiger partial charge in [0, 0.05) is 18.2 Å². The maximum Gasteiger partial charge on any atom is 0.126 e. The lowest BCUT2D eigenvalue weighted by Gasteiger charge is -2.28. The van der Waals surface area contributed by atoms with Crippen molar-refractivity contribution in [1.29, 1.82) is 0 Å². The average Bonchev–Trinajstić information content (AvgIpc) is 2.13. The summed E-state index contributed by atoms with van der Waals surface area (Å²) < 4.78 is 26.5. The Kier molecular flexibility index (Phi) is 4.85. The highest BCUT2D eigenvalue weighted by molar-refractivity contribution is 5.23. The number of nitrogens with one attached hydrogen (secondary N) is 1. The predicted molar refractivity (Wildman–Crippen MR) is 71.7 cm³/mol. The smallest absolute Gasteiger partial charge is 0.126 e. The second-order valence-electron chi connectivity index (χ2n) is 6.18. The van der Waals surface area contributed by atoms with Crippen LogP contribution >= 0.6 is 0 Å². The molecule has 1 nitrogen and oxygen atoms in total. The van der Waals surface area contributed by atoms with E-state index in [1.165, 1.54) is 12.1 Å². The molecule has 0 saturated carbocycles. The van der Waals surface area contributed by atoms with Gasteiger partial charge < -0.3 is 5.32 Å². The van der Waals surface area contributed by atoms with Crippen LogP contribution in [0.2, 0.25) is 0 Å². The summed E-state index contributed by atoms with van der Waals surface area (Å²) in [6.45, 7) is 11.1. The van der Waals surface area contributed by atoms with Gasteiger partial charge in [-0.2, -0.15) is 0 Å². The molecule has 1 aromatic carbocycles. The number of rotatable bonds is 4. The third kappa shape index (κ3) is 4.73. The van der Waals surface area contributed by atoms with E-state index in [1.807, 2.05) is 0 Å². The van der Waals surface area contributed by atoms with Crippen molar-refractivity contribution in [3.8, 4) is 0 Å². The Morgan fingerprint density at radius 1 is 1.06 bits per heavy atom. The van der Waals surface area contributed by atoms with Gasteiger partial charge in [-0.05, 0) is 50.3 Å². The molecular formula is C15H23F2N. The normalized spacial score (nSPS) is 14.0. The van der Waals surface area contributed by atoms with E-state index in [0.29, 0.717) is 12.5 Å². The Morgan fingerprint density at radius 3 is 1.94 bits per heavy atom. The van der Waals surface area contributed by atoms with Crippen molar-refractivity contribution in [1.82, 2.24) is 5.32 Å². The van der Waals surface area contributed by atoms with Gasteiger partial charge in [0.1, 0.15) is 11.6 Å². The van der Waals surface area contributed by atoms with Crippen LogP contribution in [-0.2, 0) is 0 Å². The number of halogens is 2. The maximum absolute atomic E-state index is 13.3. The zero-order valence-corrected chi connectivity index (χ0v) is 11.8. The molecule has 0 spiro atoms. The molecule has 0 radical (unpaired) electrons. The van der Waals surface area contributed by atoms with Gasteiger partial charge in [-0.15, -0.1) is 0 Å². The minimum absolute atomic E-state index is 0.000982. The second kappa shape index (κ2) is 5.79. The van der Waals surface area contributed by atoms with Gasteiger partial charge in [-0.1, -0.05) is 13.8 Å². The lowest BCUT2D eigenvalue weighted by atomic mass is 9.87. The van der Waals surface area contributed by atoms with Crippen molar-refractivity contribution in [2.24, 2.45) is 5.92 Å². The lowest BCUT2D eigenvalue weighted by Crippen LogP contribution is -2.39. The fourth-order valence-corrected chi connectivity index (χ4v) is 1.94. The van der Waals surface area contributed by atoms with Crippen LogP contribution in [0.5, 0.6) is 0 Å². The largest absolute Gasteiger partial charge is 0.311 e. The van der Waals surface area contributed by atoms with Crippen molar-refractivity contribution in [3.05, 3.63) is 35.4 Å². The molecule has 3 heteroatoms. The fraction of sp³-hybridized carbons (Fsp3) is 0.600. The van der Waals surface area contributed by atoms with E-state index >= 15 is 0 Å². The summed E-state index contributed by atoms with van der Waals surface area (Å²) in [5, 5.41) is 3.40. The molecule has 1 unspecified atom stereocenters. The van der Waals surface area contributed by atoms with Gasteiger partial charge in [0.05, 0.1) is 0 Å². The van der Waals surface area contributed by atoms with Gasteiger partial charge in [0.2, 0.25) is 0 Å². The van der Waals surface area contributed by atoms with E-state index in [9.17, 15) is 8.78 Å². The summed E-state index contributed by atoms with van der Waals surface area (Å²) >= 11 is 0. The van der Waals surface area contributed by atoms with Crippen LogP contribution in [0.15, 0.2) is 18.2 Å². The fourth-order valence-electron chi connectivity index (χ4n) is 1.94. The molecule has 0 heterocycles. The Labute approximate surface area is 109 Å². The van der Waals surface area contributed by atoms with Crippen molar-refractivity contribution >= 4 is 0 Å². The van der Waals surface area contributed by atoms with Gasteiger partial charge in [0.15, 0.2) is 0 Å². The molecule has 0 aliphatic heterocycles. The van der Waals surface area contributed by atoms with Crippen LogP contribution in [0.4, 0.5) is 8.78 Å². The standard InChI is InChI=1S/C15H23F2N/c1-10(2)14(9-18-15(3,4)5)11-6-12(16)8-13(17)7-11/h6-8,10,14,18H,9H2,1-5H3. The molecule has 0 saturated heterocycles. The Hall–Kier alpha value is -0.960. The van der Waals surface area contributed by atoms with Gasteiger partial charge in [0.25, 0.3) is 0 Å². The third-order valence-corrected chi connectivity index (χ3v) is 2.97. The van der Waals surface area contributed by atoms with E-state index in [4.69, 9.17) is 0 Å². The molecule has 1 aromatic rings. The number of benzene rings is 1. The topological polar surface area (TPSA) is 12.0 Å². The molecule has 18 heavy (non-hydrogen) atoms. The van der Waals surface area contributed by atoms with E-state index < -0.39 is 11.6 Å². The summed E-state index contributed by atoms with van der Waals surface area (Å²) in [4.78, 5) is 0.